The fourth-order valence-electron chi connectivity index (χ4n) is 2.40. The molecule has 1 heterocycles. The summed E-state index contributed by atoms with van der Waals surface area (Å²) in [5.41, 5.74) is 0. The molecule has 0 aromatic heterocycles. The summed E-state index contributed by atoms with van der Waals surface area (Å²) in [7, 11) is 0. The lowest BCUT2D eigenvalue weighted by molar-refractivity contribution is -0.131. The topological polar surface area (TPSA) is 32.3 Å². The average Bonchev–Trinajstić information content (AvgIpc) is 2.37. The second-order valence-corrected chi connectivity index (χ2v) is 4.86. The van der Waals surface area contributed by atoms with E-state index >= 15 is 0 Å². The fraction of sp³-hybridized carbons (Fsp3) is 0.786. The summed E-state index contributed by atoms with van der Waals surface area (Å²) >= 11 is 0. The van der Waals surface area contributed by atoms with Crippen LogP contribution >= 0.6 is 0 Å². The molecule has 1 amide bonds. The zero-order valence-corrected chi connectivity index (χ0v) is 11.1. The van der Waals surface area contributed by atoms with E-state index in [0.29, 0.717) is 18.9 Å². The van der Waals surface area contributed by atoms with Gasteiger partial charge in [-0.3, -0.25) is 4.79 Å². The van der Waals surface area contributed by atoms with Crippen molar-refractivity contribution in [2.75, 3.05) is 26.2 Å². The van der Waals surface area contributed by atoms with Gasteiger partial charge in [-0.25, -0.2) is 0 Å². The lowest BCUT2D eigenvalue weighted by Gasteiger charge is -2.24. The van der Waals surface area contributed by atoms with Crippen LogP contribution in [0.15, 0.2) is 12.7 Å². The van der Waals surface area contributed by atoms with Gasteiger partial charge in [0, 0.05) is 19.5 Å². The number of hydrogen-bond donors (Lipinski definition) is 1. The van der Waals surface area contributed by atoms with Crippen molar-refractivity contribution in [1.82, 2.24) is 10.2 Å². The van der Waals surface area contributed by atoms with Crippen LogP contribution in [0.1, 0.15) is 39.0 Å². The summed E-state index contributed by atoms with van der Waals surface area (Å²) in [5, 5.41) is 3.36. The molecule has 3 nitrogen and oxygen atoms in total. The Labute approximate surface area is 105 Å². The highest BCUT2D eigenvalue weighted by Gasteiger charge is 2.16. The SMILES string of the molecule is C=CCN(CCC)C(=O)CCC1CCNCC1. The Hall–Kier alpha value is -0.830. The molecule has 1 fully saturated rings. The van der Waals surface area contributed by atoms with Crippen molar-refractivity contribution < 1.29 is 4.79 Å². The van der Waals surface area contributed by atoms with Crippen LogP contribution in [0, 0.1) is 5.92 Å². The molecule has 0 aromatic rings. The number of nitrogens with one attached hydrogen (secondary N) is 1. The minimum absolute atomic E-state index is 0.297. The molecule has 1 N–H and O–H groups in total. The number of carbonyl (C=O) groups is 1. The predicted molar refractivity (Wildman–Crippen MR) is 71.9 cm³/mol. The Morgan fingerprint density at radius 1 is 1.47 bits per heavy atom. The molecule has 1 rings (SSSR count). The van der Waals surface area contributed by atoms with E-state index in [1.807, 2.05) is 11.0 Å². The van der Waals surface area contributed by atoms with Gasteiger partial charge < -0.3 is 10.2 Å². The van der Waals surface area contributed by atoms with Gasteiger partial charge in [0.2, 0.25) is 5.91 Å². The van der Waals surface area contributed by atoms with Gasteiger partial charge in [-0.1, -0.05) is 13.0 Å². The van der Waals surface area contributed by atoms with Crippen LogP contribution in [0.3, 0.4) is 0 Å². The predicted octanol–water partition coefficient (Wildman–Crippen LogP) is 2.19. The van der Waals surface area contributed by atoms with Crippen LogP contribution in [0.2, 0.25) is 0 Å². The van der Waals surface area contributed by atoms with Gasteiger partial charge in [0.1, 0.15) is 0 Å². The normalized spacial score (nSPS) is 16.8. The number of hydrogen-bond acceptors (Lipinski definition) is 2. The number of nitrogens with zero attached hydrogens (tertiary/aromatic N) is 1. The molecule has 0 aliphatic carbocycles. The molecule has 0 atom stereocenters. The molecule has 1 saturated heterocycles. The van der Waals surface area contributed by atoms with E-state index in [1.165, 1.54) is 12.8 Å². The van der Waals surface area contributed by atoms with Crippen molar-refractivity contribution >= 4 is 5.91 Å². The van der Waals surface area contributed by atoms with E-state index in [0.717, 1.165) is 38.4 Å². The summed E-state index contributed by atoms with van der Waals surface area (Å²) in [6.45, 7) is 9.60. The van der Waals surface area contributed by atoms with E-state index in [-0.39, 0.29) is 0 Å². The molecular formula is C14H26N2O. The van der Waals surface area contributed by atoms with Crippen LogP contribution in [0.25, 0.3) is 0 Å². The highest BCUT2D eigenvalue weighted by atomic mass is 16.2. The van der Waals surface area contributed by atoms with Gasteiger partial charge >= 0.3 is 0 Å². The first-order valence-electron chi connectivity index (χ1n) is 6.87. The quantitative estimate of drug-likeness (QED) is 0.690. The largest absolute Gasteiger partial charge is 0.339 e. The summed E-state index contributed by atoms with van der Waals surface area (Å²) < 4.78 is 0. The van der Waals surface area contributed by atoms with Crippen LogP contribution in [0.4, 0.5) is 0 Å². The van der Waals surface area contributed by atoms with Crippen molar-refractivity contribution in [1.29, 1.82) is 0 Å². The number of rotatable bonds is 7. The van der Waals surface area contributed by atoms with Crippen molar-refractivity contribution in [3.05, 3.63) is 12.7 Å². The van der Waals surface area contributed by atoms with Crippen LogP contribution in [-0.4, -0.2) is 37.0 Å². The standard InChI is InChI=1S/C14H26N2O/c1-3-11-16(12-4-2)14(17)6-5-13-7-9-15-10-8-13/h3,13,15H,1,4-12H2,2H3. The molecule has 0 radical (unpaired) electrons. The smallest absolute Gasteiger partial charge is 0.222 e. The maximum absolute atomic E-state index is 12.0. The highest BCUT2D eigenvalue weighted by molar-refractivity contribution is 5.76. The molecule has 98 valence electrons. The first-order valence-corrected chi connectivity index (χ1v) is 6.87. The van der Waals surface area contributed by atoms with E-state index < -0.39 is 0 Å². The molecule has 3 heteroatoms. The molecule has 0 saturated carbocycles. The maximum Gasteiger partial charge on any atom is 0.222 e. The summed E-state index contributed by atoms with van der Waals surface area (Å²) in [6.07, 6.45) is 7.05. The minimum atomic E-state index is 0.297. The second-order valence-electron chi connectivity index (χ2n) is 4.86. The van der Waals surface area contributed by atoms with Crippen molar-refractivity contribution in [3.63, 3.8) is 0 Å². The number of carbonyl (C=O) groups excluding carboxylic acids is 1. The van der Waals surface area contributed by atoms with E-state index in [9.17, 15) is 4.79 Å². The van der Waals surface area contributed by atoms with Gasteiger partial charge in [0.05, 0.1) is 0 Å². The Kier molecular flexibility index (Phi) is 6.94. The van der Waals surface area contributed by atoms with Crippen molar-refractivity contribution in [2.45, 2.75) is 39.0 Å². The van der Waals surface area contributed by atoms with Crippen LogP contribution in [-0.2, 0) is 4.79 Å². The van der Waals surface area contributed by atoms with E-state index in [4.69, 9.17) is 0 Å². The monoisotopic (exact) mass is 238 g/mol. The molecule has 17 heavy (non-hydrogen) atoms. The Balaban J connectivity index is 2.27. The maximum atomic E-state index is 12.0. The Morgan fingerprint density at radius 3 is 2.76 bits per heavy atom. The third kappa shape index (κ3) is 5.35. The molecule has 0 unspecified atom stereocenters. The van der Waals surface area contributed by atoms with Crippen LogP contribution < -0.4 is 5.32 Å². The van der Waals surface area contributed by atoms with Gasteiger partial charge in [-0.15, -0.1) is 6.58 Å². The van der Waals surface area contributed by atoms with E-state index in [1.54, 1.807) is 0 Å². The molecule has 0 bridgehead atoms. The summed E-state index contributed by atoms with van der Waals surface area (Å²) in [5.74, 6) is 1.04. The van der Waals surface area contributed by atoms with Gasteiger partial charge in [-0.2, -0.15) is 0 Å². The Bertz CT molecular complexity index is 234. The van der Waals surface area contributed by atoms with Crippen molar-refractivity contribution in [2.24, 2.45) is 5.92 Å². The molecule has 1 aliphatic heterocycles. The second kappa shape index (κ2) is 8.29. The lowest BCUT2D eigenvalue weighted by Crippen LogP contribution is -2.33. The first kappa shape index (κ1) is 14.2. The first-order chi connectivity index (χ1) is 8.27. The van der Waals surface area contributed by atoms with E-state index in [2.05, 4.69) is 18.8 Å². The lowest BCUT2D eigenvalue weighted by atomic mass is 9.93. The highest BCUT2D eigenvalue weighted by Crippen LogP contribution is 2.18. The minimum Gasteiger partial charge on any atom is -0.339 e. The average molecular weight is 238 g/mol. The zero-order chi connectivity index (χ0) is 12.5. The van der Waals surface area contributed by atoms with Gasteiger partial charge in [0.15, 0.2) is 0 Å². The Morgan fingerprint density at radius 2 is 2.18 bits per heavy atom. The number of piperidine rings is 1. The van der Waals surface area contributed by atoms with Gasteiger partial charge in [0.25, 0.3) is 0 Å². The zero-order valence-electron chi connectivity index (χ0n) is 11.1. The third-order valence-corrected chi connectivity index (χ3v) is 3.42. The third-order valence-electron chi connectivity index (χ3n) is 3.42. The van der Waals surface area contributed by atoms with Crippen molar-refractivity contribution in [3.8, 4) is 0 Å². The molecular weight excluding hydrogens is 212 g/mol. The number of amides is 1. The molecule has 1 aliphatic rings. The van der Waals surface area contributed by atoms with Gasteiger partial charge in [-0.05, 0) is 44.7 Å². The fourth-order valence-corrected chi connectivity index (χ4v) is 2.40. The van der Waals surface area contributed by atoms with Crippen LogP contribution in [0.5, 0.6) is 0 Å². The molecule has 0 spiro atoms. The molecule has 0 aromatic carbocycles. The summed E-state index contributed by atoms with van der Waals surface area (Å²) in [4.78, 5) is 14.0. The summed E-state index contributed by atoms with van der Waals surface area (Å²) in [6, 6.07) is 0.